The number of nitrogens with two attached hydrogens (primary N) is 1. The molecule has 0 spiro atoms. The fourth-order valence-corrected chi connectivity index (χ4v) is 4.00. The van der Waals surface area contributed by atoms with Crippen LogP contribution in [0.2, 0.25) is 0 Å². The molecule has 4 N–H and O–H groups in total. The lowest BCUT2D eigenvalue weighted by atomic mass is 10.1. The Bertz CT molecular complexity index is 1720. The molecule has 2 aromatic carbocycles. The maximum Gasteiger partial charge on any atom is 0.267 e. The molecule has 0 unspecified atom stereocenters. The summed E-state index contributed by atoms with van der Waals surface area (Å²) in [6.07, 6.45) is 1.32. The molecule has 37 heavy (non-hydrogen) atoms. The number of fused-ring (bicyclic) bond motifs is 1. The molecule has 11 heteroatoms. The second kappa shape index (κ2) is 9.88. The Hall–Kier alpha value is -5.08. The standard InChI is InChI=1S/C26H22N8O3/c1-15(30-23-21(22(27)28-14-29-23)24-31-16(2)37-33-24)25-32-19-12-6-8-17(9-7-13-35)20(19)26(36)34(25)18-10-4-3-5-11-18/h3-6,8,10-12,14-15,35H,13H2,1-2H3,(H3,27,28,29,30)/t15-/m0/s1. The molecule has 0 saturated carbocycles. The van der Waals surface area contributed by atoms with Crippen LogP contribution in [0.15, 0.2) is 64.2 Å². The van der Waals surface area contributed by atoms with Gasteiger partial charge in [-0.15, -0.1) is 0 Å². The zero-order chi connectivity index (χ0) is 25.9. The summed E-state index contributed by atoms with van der Waals surface area (Å²) in [4.78, 5) is 31.4. The molecule has 1 atom stereocenters. The molecule has 0 saturated heterocycles. The molecule has 5 rings (SSSR count). The quantitative estimate of drug-likeness (QED) is 0.310. The van der Waals surface area contributed by atoms with E-state index < -0.39 is 6.04 Å². The summed E-state index contributed by atoms with van der Waals surface area (Å²) in [6, 6.07) is 13.9. The first kappa shape index (κ1) is 23.7. The zero-order valence-electron chi connectivity index (χ0n) is 20.0. The minimum atomic E-state index is -0.523. The number of rotatable bonds is 5. The van der Waals surface area contributed by atoms with Crippen LogP contribution in [0, 0.1) is 18.8 Å². The van der Waals surface area contributed by atoms with Crippen LogP contribution in [-0.4, -0.2) is 41.4 Å². The maximum absolute atomic E-state index is 13.9. The van der Waals surface area contributed by atoms with Crippen molar-refractivity contribution in [3.05, 3.63) is 82.5 Å². The van der Waals surface area contributed by atoms with Crippen molar-refractivity contribution in [3.63, 3.8) is 0 Å². The van der Waals surface area contributed by atoms with Crippen LogP contribution in [0.3, 0.4) is 0 Å². The first-order chi connectivity index (χ1) is 18.0. The highest BCUT2D eigenvalue weighted by atomic mass is 16.5. The molecule has 0 fully saturated rings. The van der Waals surface area contributed by atoms with E-state index in [1.165, 1.54) is 10.9 Å². The van der Waals surface area contributed by atoms with Gasteiger partial charge >= 0.3 is 0 Å². The van der Waals surface area contributed by atoms with Gasteiger partial charge < -0.3 is 20.7 Å². The summed E-state index contributed by atoms with van der Waals surface area (Å²) in [5, 5.41) is 16.8. The third kappa shape index (κ3) is 4.49. The zero-order valence-corrected chi connectivity index (χ0v) is 20.0. The molecular weight excluding hydrogens is 472 g/mol. The summed E-state index contributed by atoms with van der Waals surface area (Å²) in [5.41, 5.74) is 7.81. The number of nitrogen functional groups attached to an aromatic ring is 1. The predicted octanol–water partition coefficient (Wildman–Crippen LogP) is 2.63. The van der Waals surface area contributed by atoms with E-state index in [2.05, 4.69) is 37.3 Å². The van der Waals surface area contributed by atoms with E-state index in [-0.39, 0.29) is 23.8 Å². The number of nitrogens with one attached hydrogen (secondary N) is 1. The van der Waals surface area contributed by atoms with Gasteiger partial charge in [-0.25, -0.2) is 15.0 Å². The molecule has 0 amide bonds. The number of hydrogen-bond acceptors (Lipinski definition) is 10. The number of hydrogen-bond donors (Lipinski definition) is 3. The lowest BCUT2D eigenvalue weighted by molar-refractivity contribution is 0.350. The number of aryl methyl sites for hydroxylation is 1. The van der Waals surface area contributed by atoms with Gasteiger partial charge in [0.25, 0.3) is 5.56 Å². The highest BCUT2D eigenvalue weighted by molar-refractivity contribution is 5.85. The monoisotopic (exact) mass is 494 g/mol. The molecular formula is C26H22N8O3. The van der Waals surface area contributed by atoms with Crippen LogP contribution < -0.4 is 16.6 Å². The lowest BCUT2D eigenvalue weighted by Crippen LogP contribution is -2.28. The van der Waals surface area contributed by atoms with Crippen LogP contribution in [0.5, 0.6) is 0 Å². The number of aromatic nitrogens is 6. The summed E-state index contributed by atoms with van der Waals surface area (Å²) in [7, 11) is 0. The SMILES string of the molecule is Cc1nc(-c2c(N)ncnc2N[C@@H](C)c2nc3cccc(C#CCO)c3c(=O)n2-c2ccccc2)no1. The smallest absolute Gasteiger partial charge is 0.267 e. The first-order valence-corrected chi connectivity index (χ1v) is 11.4. The second-order valence-corrected chi connectivity index (χ2v) is 8.09. The largest absolute Gasteiger partial charge is 0.384 e. The van der Waals surface area contributed by atoms with E-state index >= 15 is 0 Å². The van der Waals surface area contributed by atoms with Crippen molar-refractivity contribution < 1.29 is 9.63 Å². The number of anilines is 2. The fraction of sp³-hybridized carbons (Fsp3) is 0.154. The van der Waals surface area contributed by atoms with Gasteiger partial charge in [0.2, 0.25) is 11.7 Å². The number of aliphatic hydroxyl groups excluding tert-OH is 1. The third-order valence-electron chi connectivity index (χ3n) is 5.61. The highest BCUT2D eigenvalue weighted by Gasteiger charge is 2.23. The van der Waals surface area contributed by atoms with Gasteiger partial charge in [0.15, 0.2) is 0 Å². The summed E-state index contributed by atoms with van der Waals surface area (Å²) < 4.78 is 6.65. The molecule has 184 valence electrons. The molecule has 0 bridgehead atoms. The van der Waals surface area contributed by atoms with Gasteiger partial charge in [-0.1, -0.05) is 41.3 Å². The number of nitrogens with zero attached hydrogens (tertiary/aromatic N) is 6. The Morgan fingerprint density at radius 1 is 1.14 bits per heavy atom. The van der Waals surface area contributed by atoms with Crippen molar-refractivity contribution in [2.45, 2.75) is 19.9 Å². The normalized spacial score (nSPS) is 11.6. The number of aliphatic hydroxyl groups is 1. The Labute approximate surface area is 211 Å². The van der Waals surface area contributed by atoms with Gasteiger partial charge in [-0.3, -0.25) is 9.36 Å². The maximum atomic E-state index is 13.9. The fourth-order valence-electron chi connectivity index (χ4n) is 4.00. The van der Waals surface area contributed by atoms with E-state index in [1.54, 1.807) is 25.1 Å². The average molecular weight is 495 g/mol. The Morgan fingerprint density at radius 2 is 1.95 bits per heavy atom. The van der Waals surface area contributed by atoms with Crippen molar-refractivity contribution in [2.75, 3.05) is 17.7 Å². The van der Waals surface area contributed by atoms with E-state index in [0.717, 1.165) is 0 Å². The topological polar surface area (TPSA) is 158 Å². The summed E-state index contributed by atoms with van der Waals surface area (Å²) in [5.74, 6) is 7.04. The van der Waals surface area contributed by atoms with E-state index in [9.17, 15) is 4.79 Å². The number of benzene rings is 2. The first-order valence-electron chi connectivity index (χ1n) is 11.4. The predicted molar refractivity (Wildman–Crippen MR) is 138 cm³/mol. The molecule has 3 heterocycles. The molecule has 0 aliphatic rings. The molecule has 0 aliphatic carbocycles. The average Bonchev–Trinajstić information content (AvgIpc) is 3.33. The van der Waals surface area contributed by atoms with Crippen molar-refractivity contribution in [2.24, 2.45) is 0 Å². The van der Waals surface area contributed by atoms with E-state index in [4.69, 9.17) is 20.3 Å². The highest BCUT2D eigenvalue weighted by Crippen LogP contribution is 2.31. The van der Waals surface area contributed by atoms with Gasteiger partial charge in [0, 0.05) is 12.5 Å². The second-order valence-electron chi connectivity index (χ2n) is 8.09. The number of para-hydroxylation sites is 1. The van der Waals surface area contributed by atoms with Crippen molar-refractivity contribution >= 4 is 22.5 Å². The Morgan fingerprint density at radius 3 is 2.68 bits per heavy atom. The van der Waals surface area contributed by atoms with Crippen molar-refractivity contribution in [1.82, 2.24) is 29.7 Å². The molecule has 0 radical (unpaired) electrons. The molecule has 5 aromatic rings. The summed E-state index contributed by atoms with van der Waals surface area (Å²) >= 11 is 0. The van der Waals surface area contributed by atoms with Crippen molar-refractivity contribution in [1.29, 1.82) is 0 Å². The van der Waals surface area contributed by atoms with Gasteiger partial charge in [0.1, 0.15) is 36.0 Å². The minimum absolute atomic E-state index is 0.171. The van der Waals surface area contributed by atoms with Crippen molar-refractivity contribution in [3.8, 4) is 28.9 Å². The molecule has 0 aliphatic heterocycles. The van der Waals surface area contributed by atoms with Gasteiger partial charge in [-0.05, 0) is 31.2 Å². The van der Waals surface area contributed by atoms with E-state index in [1.807, 2.05) is 37.3 Å². The minimum Gasteiger partial charge on any atom is -0.384 e. The molecule has 3 aromatic heterocycles. The lowest BCUT2D eigenvalue weighted by Gasteiger charge is -2.21. The molecule has 11 nitrogen and oxygen atoms in total. The van der Waals surface area contributed by atoms with E-state index in [0.29, 0.717) is 45.3 Å². The van der Waals surface area contributed by atoms with Crippen LogP contribution >= 0.6 is 0 Å². The Kier molecular flexibility index (Phi) is 6.32. The van der Waals surface area contributed by atoms with Crippen LogP contribution in [-0.2, 0) is 0 Å². The van der Waals surface area contributed by atoms with Crippen LogP contribution in [0.1, 0.15) is 30.2 Å². The van der Waals surface area contributed by atoms with Gasteiger partial charge in [0.05, 0.1) is 22.6 Å². The van der Waals surface area contributed by atoms with Crippen LogP contribution in [0.4, 0.5) is 11.6 Å². The van der Waals surface area contributed by atoms with Crippen LogP contribution in [0.25, 0.3) is 28.0 Å². The third-order valence-corrected chi connectivity index (χ3v) is 5.61. The Balaban J connectivity index is 1.69. The summed E-state index contributed by atoms with van der Waals surface area (Å²) in [6.45, 7) is 3.20. The van der Waals surface area contributed by atoms with Gasteiger partial charge in [-0.2, -0.15) is 4.98 Å².